The molecule has 0 radical (unpaired) electrons. The monoisotopic (exact) mass is 238 g/mol. The number of carboxylic acid groups (broad SMARTS) is 1. The molecule has 1 saturated carbocycles. The molecule has 0 amide bonds. The zero-order valence-corrected chi connectivity index (χ0v) is 9.82. The molecule has 0 unspecified atom stereocenters. The van der Waals surface area contributed by atoms with Gasteiger partial charge in [-0.25, -0.2) is 4.79 Å². The molecule has 0 spiro atoms. The first kappa shape index (κ1) is 12.0. The average molecular weight is 238 g/mol. The molecule has 2 N–H and O–H groups in total. The highest BCUT2D eigenvalue weighted by molar-refractivity contribution is 5.85. The van der Waals surface area contributed by atoms with Gasteiger partial charge in [0.05, 0.1) is 0 Å². The Labute approximate surface area is 100 Å². The van der Waals surface area contributed by atoms with Crippen LogP contribution in [0.1, 0.15) is 55.4 Å². The van der Waals surface area contributed by atoms with E-state index < -0.39 is 5.97 Å². The van der Waals surface area contributed by atoms with Gasteiger partial charge in [-0.1, -0.05) is 32.1 Å². The molecule has 1 aromatic heterocycles. The van der Waals surface area contributed by atoms with Crippen LogP contribution in [0.4, 0.5) is 6.01 Å². The number of hydrogen-bond acceptors (Lipinski definition) is 4. The van der Waals surface area contributed by atoms with Crippen LogP contribution in [0.3, 0.4) is 0 Å². The van der Waals surface area contributed by atoms with Gasteiger partial charge in [-0.3, -0.25) is 0 Å². The van der Waals surface area contributed by atoms with Crippen molar-refractivity contribution in [3.8, 4) is 0 Å². The summed E-state index contributed by atoms with van der Waals surface area (Å²) in [7, 11) is 0. The topological polar surface area (TPSA) is 75.4 Å². The summed E-state index contributed by atoms with van der Waals surface area (Å²) in [4.78, 5) is 14.5. The molecule has 1 fully saturated rings. The van der Waals surface area contributed by atoms with Crippen LogP contribution in [0.5, 0.6) is 0 Å². The van der Waals surface area contributed by atoms with E-state index >= 15 is 0 Å². The smallest absolute Gasteiger partial charge is 0.357 e. The average Bonchev–Trinajstić information content (AvgIpc) is 2.70. The van der Waals surface area contributed by atoms with Gasteiger partial charge in [0, 0.05) is 6.04 Å². The van der Waals surface area contributed by atoms with Gasteiger partial charge in [-0.15, -0.1) is 0 Å². The van der Waals surface area contributed by atoms with E-state index in [1.54, 1.807) is 0 Å². The van der Waals surface area contributed by atoms with Crippen LogP contribution in [0, 0.1) is 0 Å². The molecule has 0 aliphatic heterocycles. The van der Waals surface area contributed by atoms with E-state index in [0.717, 1.165) is 12.8 Å². The molecule has 1 aliphatic carbocycles. The Morgan fingerprint density at radius 2 is 1.94 bits per heavy atom. The lowest BCUT2D eigenvalue weighted by Gasteiger charge is -2.19. The van der Waals surface area contributed by atoms with E-state index in [9.17, 15) is 4.79 Å². The molecule has 1 aliphatic rings. The number of aromatic nitrogens is 1. The van der Waals surface area contributed by atoms with Crippen molar-refractivity contribution in [1.82, 2.24) is 4.98 Å². The van der Waals surface area contributed by atoms with Crippen molar-refractivity contribution in [2.45, 2.75) is 51.0 Å². The molecule has 0 aromatic carbocycles. The van der Waals surface area contributed by atoms with Crippen LogP contribution < -0.4 is 5.32 Å². The number of nitrogens with one attached hydrogen (secondary N) is 1. The van der Waals surface area contributed by atoms with Gasteiger partial charge in [0.25, 0.3) is 6.01 Å². The second-order valence-corrected chi connectivity index (χ2v) is 4.53. The Balaban J connectivity index is 1.91. The van der Waals surface area contributed by atoms with Crippen LogP contribution >= 0.6 is 0 Å². The maximum Gasteiger partial charge on any atom is 0.357 e. The molecule has 5 heteroatoms. The Bertz CT molecular complexity index is 368. The van der Waals surface area contributed by atoms with Gasteiger partial charge >= 0.3 is 5.97 Å². The summed E-state index contributed by atoms with van der Waals surface area (Å²) in [5.74, 6) is -1.06. The van der Waals surface area contributed by atoms with Gasteiger partial charge < -0.3 is 14.8 Å². The molecule has 1 aromatic rings. The number of anilines is 1. The Morgan fingerprint density at radius 3 is 2.53 bits per heavy atom. The lowest BCUT2D eigenvalue weighted by atomic mass is 9.97. The summed E-state index contributed by atoms with van der Waals surface area (Å²) in [6, 6.07) is 0.684. The minimum absolute atomic E-state index is 0.0432. The summed E-state index contributed by atoms with van der Waals surface area (Å²) < 4.78 is 5.10. The van der Waals surface area contributed by atoms with E-state index in [-0.39, 0.29) is 5.69 Å². The van der Waals surface area contributed by atoms with Crippen molar-refractivity contribution in [2.75, 3.05) is 5.32 Å². The standard InChI is InChI=1S/C12H18N2O3/c15-11(16)10-8-17-12(14-10)13-9-6-4-2-1-3-5-7-9/h8-9H,1-7H2,(H,13,14)(H,15,16). The SMILES string of the molecule is O=C(O)c1coc(NC2CCCCCCC2)n1. The normalized spacial score (nSPS) is 18.4. The van der Waals surface area contributed by atoms with E-state index in [0.29, 0.717) is 12.1 Å². The third-order valence-electron chi connectivity index (χ3n) is 3.16. The second kappa shape index (κ2) is 5.70. The minimum Gasteiger partial charge on any atom is -0.476 e. The van der Waals surface area contributed by atoms with Crippen LogP contribution in [-0.2, 0) is 0 Å². The molecule has 0 bridgehead atoms. The lowest BCUT2D eigenvalue weighted by Crippen LogP contribution is -2.20. The molecule has 1 heterocycles. The molecular formula is C12H18N2O3. The molecule has 17 heavy (non-hydrogen) atoms. The van der Waals surface area contributed by atoms with E-state index in [2.05, 4.69) is 10.3 Å². The Kier molecular flexibility index (Phi) is 4.01. The number of oxazole rings is 1. The van der Waals surface area contributed by atoms with E-state index in [4.69, 9.17) is 9.52 Å². The molecule has 94 valence electrons. The highest BCUT2D eigenvalue weighted by Crippen LogP contribution is 2.20. The summed E-state index contributed by atoms with van der Waals surface area (Å²) in [6.07, 6.45) is 9.70. The predicted molar refractivity (Wildman–Crippen MR) is 63.2 cm³/mol. The summed E-state index contributed by atoms with van der Waals surface area (Å²) in [5, 5.41) is 11.9. The van der Waals surface area contributed by atoms with Gasteiger partial charge in [0.2, 0.25) is 0 Å². The quantitative estimate of drug-likeness (QED) is 0.846. The molecule has 0 saturated heterocycles. The van der Waals surface area contributed by atoms with Crippen molar-refractivity contribution in [3.05, 3.63) is 12.0 Å². The van der Waals surface area contributed by atoms with Crippen LogP contribution in [0.2, 0.25) is 0 Å². The summed E-state index contributed by atoms with van der Waals surface area (Å²) in [6.45, 7) is 0. The van der Waals surface area contributed by atoms with Gasteiger partial charge in [-0.05, 0) is 12.8 Å². The van der Waals surface area contributed by atoms with E-state index in [1.165, 1.54) is 38.4 Å². The second-order valence-electron chi connectivity index (χ2n) is 4.53. The van der Waals surface area contributed by atoms with Crippen LogP contribution in [-0.4, -0.2) is 22.1 Å². The molecule has 0 atom stereocenters. The fraction of sp³-hybridized carbons (Fsp3) is 0.667. The number of carbonyl (C=O) groups is 1. The van der Waals surface area contributed by atoms with E-state index in [1.807, 2.05) is 0 Å². The van der Waals surface area contributed by atoms with Crippen LogP contribution in [0.15, 0.2) is 10.7 Å². The van der Waals surface area contributed by atoms with Crippen molar-refractivity contribution in [1.29, 1.82) is 0 Å². The number of aromatic carboxylic acids is 1. The summed E-state index contributed by atoms with van der Waals surface area (Å²) >= 11 is 0. The predicted octanol–water partition coefficient (Wildman–Crippen LogP) is 2.90. The van der Waals surface area contributed by atoms with Crippen LogP contribution in [0.25, 0.3) is 0 Å². The third kappa shape index (κ3) is 3.47. The van der Waals surface area contributed by atoms with Crippen molar-refractivity contribution in [3.63, 3.8) is 0 Å². The number of hydrogen-bond donors (Lipinski definition) is 2. The minimum atomic E-state index is -1.06. The molecule has 5 nitrogen and oxygen atoms in total. The van der Waals surface area contributed by atoms with Gasteiger partial charge in [0.15, 0.2) is 5.69 Å². The van der Waals surface area contributed by atoms with Crippen molar-refractivity contribution < 1.29 is 14.3 Å². The third-order valence-corrected chi connectivity index (χ3v) is 3.16. The van der Waals surface area contributed by atoms with Crippen molar-refractivity contribution >= 4 is 12.0 Å². The number of nitrogens with zero attached hydrogens (tertiary/aromatic N) is 1. The van der Waals surface area contributed by atoms with Crippen molar-refractivity contribution in [2.24, 2.45) is 0 Å². The van der Waals surface area contributed by atoms with Gasteiger partial charge in [-0.2, -0.15) is 4.98 Å². The first-order valence-electron chi connectivity index (χ1n) is 6.21. The fourth-order valence-electron chi connectivity index (χ4n) is 2.21. The maximum absolute atomic E-state index is 10.7. The lowest BCUT2D eigenvalue weighted by molar-refractivity contribution is 0.0690. The molecule has 2 rings (SSSR count). The highest BCUT2D eigenvalue weighted by Gasteiger charge is 2.15. The first-order chi connectivity index (χ1) is 8.25. The number of carboxylic acids is 1. The molecular weight excluding hydrogens is 220 g/mol. The highest BCUT2D eigenvalue weighted by atomic mass is 16.4. The van der Waals surface area contributed by atoms with Gasteiger partial charge in [0.1, 0.15) is 6.26 Å². The Hall–Kier alpha value is -1.52. The zero-order chi connectivity index (χ0) is 12.1. The maximum atomic E-state index is 10.7. The zero-order valence-electron chi connectivity index (χ0n) is 9.82. The first-order valence-corrected chi connectivity index (χ1v) is 6.21. The largest absolute Gasteiger partial charge is 0.476 e. The Morgan fingerprint density at radius 1 is 1.29 bits per heavy atom. The fourth-order valence-corrected chi connectivity index (χ4v) is 2.21. The number of rotatable bonds is 3. The summed E-state index contributed by atoms with van der Waals surface area (Å²) in [5.41, 5.74) is -0.0432.